The molecule has 168 valence electrons. The second-order valence-electron chi connectivity index (χ2n) is 7.25. The molecule has 8 heteroatoms. The van der Waals surface area contributed by atoms with Crippen molar-refractivity contribution in [1.82, 2.24) is 0 Å². The zero-order valence-electron chi connectivity index (χ0n) is 17.7. The van der Waals surface area contributed by atoms with Gasteiger partial charge in [-0.2, -0.15) is 0 Å². The summed E-state index contributed by atoms with van der Waals surface area (Å²) in [4.78, 5) is 27.5. The number of rotatable bonds is 5. The Morgan fingerprint density at radius 2 is 1.67 bits per heavy atom. The number of Topliss-reactive ketones (excluding diaryl/α,β-unsaturated/α-hetero) is 1. The van der Waals surface area contributed by atoms with Crippen molar-refractivity contribution >= 4 is 34.7 Å². The smallest absolute Gasteiger partial charge is 0.300 e. The number of hydrogen-bond acceptors (Lipinski definition) is 5. The molecule has 3 aromatic rings. The Kier molecular flexibility index (Phi) is 6.07. The fourth-order valence-electron chi connectivity index (χ4n) is 3.82. The molecule has 1 aliphatic rings. The van der Waals surface area contributed by atoms with Gasteiger partial charge in [-0.25, -0.2) is 4.39 Å². The minimum atomic E-state index is -0.958. The van der Waals surface area contributed by atoms with Crippen molar-refractivity contribution in [3.05, 3.63) is 94.3 Å². The van der Waals surface area contributed by atoms with Gasteiger partial charge in [-0.1, -0.05) is 41.9 Å². The number of ether oxygens (including phenoxy) is 2. The third kappa shape index (κ3) is 3.91. The number of ketones is 1. The maximum atomic E-state index is 13.8. The molecule has 1 fully saturated rings. The van der Waals surface area contributed by atoms with E-state index >= 15 is 0 Å². The van der Waals surface area contributed by atoms with E-state index in [9.17, 15) is 19.1 Å². The average Bonchev–Trinajstić information content (AvgIpc) is 3.10. The Morgan fingerprint density at radius 3 is 2.30 bits per heavy atom. The molecule has 1 aliphatic heterocycles. The molecule has 1 amide bonds. The van der Waals surface area contributed by atoms with Crippen LogP contribution in [0.4, 0.5) is 10.1 Å². The molecule has 0 bridgehead atoms. The number of aliphatic hydroxyl groups is 1. The lowest BCUT2D eigenvalue weighted by Crippen LogP contribution is -2.29. The van der Waals surface area contributed by atoms with Crippen LogP contribution in [0.3, 0.4) is 0 Å². The summed E-state index contributed by atoms with van der Waals surface area (Å²) >= 11 is 5.94. The van der Waals surface area contributed by atoms with Crippen molar-refractivity contribution in [1.29, 1.82) is 0 Å². The Hall–Kier alpha value is -3.84. The standard InChI is InChI=1S/C25H19ClFNO5/c1-32-19-11-8-15(12-20(19)33-2)23(29)21-22(14-6-4-3-5-7-14)28(25(31)24(21)30)16-9-10-18(27)17(26)13-16/h3-13,22,29H,1-2H3/b23-21+. The molecule has 1 N–H and O–H groups in total. The van der Waals surface area contributed by atoms with Crippen LogP contribution in [-0.4, -0.2) is 31.0 Å². The molecule has 0 aliphatic carbocycles. The number of methoxy groups -OCH3 is 2. The number of carbonyl (C=O) groups excluding carboxylic acids is 2. The highest BCUT2D eigenvalue weighted by molar-refractivity contribution is 6.51. The van der Waals surface area contributed by atoms with E-state index in [1.54, 1.807) is 42.5 Å². The van der Waals surface area contributed by atoms with Crippen molar-refractivity contribution < 1.29 is 28.6 Å². The van der Waals surface area contributed by atoms with Crippen molar-refractivity contribution in [3.63, 3.8) is 0 Å². The lowest BCUT2D eigenvalue weighted by Gasteiger charge is -2.25. The first kappa shape index (κ1) is 22.4. The summed E-state index contributed by atoms with van der Waals surface area (Å²) in [7, 11) is 2.93. The largest absolute Gasteiger partial charge is 0.507 e. The van der Waals surface area contributed by atoms with Gasteiger partial charge >= 0.3 is 0 Å². The van der Waals surface area contributed by atoms with Gasteiger partial charge in [-0.3, -0.25) is 14.5 Å². The molecule has 1 atom stereocenters. The van der Waals surface area contributed by atoms with Crippen LogP contribution in [-0.2, 0) is 9.59 Å². The third-order valence-electron chi connectivity index (χ3n) is 5.40. The maximum Gasteiger partial charge on any atom is 0.300 e. The molecule has 0 aromatic heterocycles. The minimum absolute atomic E-state index is 0.112. The van der Waals surface area contributed by atoms with Crippen LogP contribution in [0.1, 0.15) is 17.2 Å². The van der Waals surface area contributed by atoms with Crippen LogP contribution >= 0.6 is 11.6 Å². The highest BCUT2D eigenvalue weighted by Crippen LogP contribution is 2.43. The summed E-state index contributed by atoms with van der Waals surface area (Å²) < 4.78 is 24.3. The first-order valence-electron chi connectivity index (χ1n) is 9.90. The van der Waals surface area contributed by atoms with E-state index in [0.717, 1.165) is 6.07 Å². The summed E-state index contributed by atoms with van der Waals surface area (Å²) in [5.41, 5.74) is 0.963. The molecule has 1 unspecified atom stereocenters. The van der Waals surface area contributed by atoms with E-state index in [2.05, 4.69) is 0 Å². The highest BCUT2D eigenvalue weighted by Gasteiger charge is 2.47. The molecule has 1 heterocycles. The van der Waals surface area contributed by atoms with Crippen molar-refractivity contribution in [2.75, 3.05) is 19.1 Å². The number of halogens is 2. The summed E-state index contributed by atoms with van der Waals surface area (Å²) in [6, 6.07) is 16.2. The number of anilines is 1. The highest BCUT2D eigenvalue weighted by atomic mass is 35.5. The summed E-state index contributed by atoms with van der Waals surface area (Å²) in [5, 5.41) is 11.0. The van der Waals surface area contributed by atoms with Gasteiger partial charge in [0.1, 0.15) is 11.6 Å². The zero-order chi connectivity index (χ0) is 23.7. The minimum Gasteiger partial charge on any atom is -0.507 e. The van der Waals surface area contributed by atoms with Crippen molar-refractivity contribution in [3.8, 4) is 11.5 Å². The maximum absolute atomic E-state index is 13.8. The number of hydrogen-bond donors (Lipinski definition) is 1. The summed E-state index contributed by atoms with van der Waals surface area (Å²) in [5.74, 6) is -1.99. The van der Waals surface area contributed by atoms with Crippen molar-refractivity contribution in [2.24, 2.45) is 0 Å². The second kappa shape index (κ2) is 8.96. The second-order valence-corrected chi connectivity index (χ2v) is 7.66. The molecule has 3 aromatic carbocycles. The topological polar surface area (TPSA) is 76.1 Å². The number of amides is 1. The van der Waals surface area contributed by atoms with Crippen molar-refractivity contribution in [2.45, 2.75) is 6.04 Å². The van der Waals surface area contributed by atoms with Gasteiger partial charge in [0.2, 0.25) is 0 Å². The SMILES string of the molecule is COc1ccc(/C(O)=C2\C(=O)C(=O)N(c3ccc(F)c(Cl)c3)C2c2ccccc2)cc1OC. The summed E-state index contributed by atoms with van der Waals surface area (Å²) in [6.07, 6.45) is 0. The molecule has 33 heavy (non-hydrogen) atoms. The molecule has 0 spiro atoms. The molecule has 4 rings (SSSR count). The van der Waals surface area contributed by atoms with E-state index < -0.39 is 23.5 Å². The van der Waals surface area contributed by atoms with Gasteiger partial charge < -0.3 is 14.6 Å². The monoisotopic (exact) mass is 467 g/mol. The third-order valence-corrected chi connectivity index (χ3v) is 5.69. The van der Waals surface area contributed by atoms with E-state index in [1.807, 2.05) is 0 Å². The van der Waals surface area contributed by atoms with Crippen LogP contribution < -0.4 is 14.4 Å². The zero-order valence-corrected chi connectivity index (χ0v) is 18.5. The van der Waals surface area contributed by atoms with Gasteiger partial charge in [-0.15, -0.1) is 0 Å². The van der Waals surface area contributed by atoms with Gasteiger partial charge in [0.25, 0.3) is 11.7 Å². The van der Waals surface area contributed by atoms with E-state index in [-0.39, 0.29) is 27.6 Å². The van der Waals surface area contributed by atoms with Gasteiger partial charge in [0, 0.05) is 11.3 Å². The predicted molar refractivity (Wildman–Crippen MR) is 122 cm³/mol. The Morgan fingerprint density at radius 1 is 0.970 bits per heavy atom. The molecule has 6 nitrogen and oxygen atoms in total. The van der Waals surface area contributed by atoms with E-state index in [1.165, 1.54) is 37.3 Å². The van der Waals surface area contributed by atoms with Crippen LogP contribution in [0.25, 0.3) is 5.76 Å². The Bertz CT molecular complexity index is 1280. The number of carbonyl (C=O) groups is 2. The fourth-order valence-corrected chi connectivity index (χ4v) is 4.00. The lowest BCUT2D eigenvalue weighted by atomic mass is 9.95. The molecule has 0 saturated carbocycles. The van der Waals surface area contributed by atoms with Crippen LogP contribution in [0.2, 0.25) is 5.02 Å². The van der Waals surface area contributed by atoms with Gasteiger partial charge in [0.05, 0.1) is 30.9 Å². The Labute approximate surface area is 194 Å². The molecular formula is C25H19ClFNO5. The molecular weight excluding hydrogens is 449 g/mol. The van der Waals surface area contributed by atoms with Gasteiger partial charge in [-0.05, 0) is 42.0 Å². The first-order valence-corrected chi connectivity index (χ1v) is 10.3. The Balaban J connectivity index is 1.94. The summed E-state index contributed by atoms with van der Waals surface area (Å²) in [6.45, 7) is 0. The normalized spacial score (nSPS) is 17.3. The first-order chi connectivity index (χ1) is 15.9. The van der Waals surface area contributed by atoms with E-state index in [4.69, 9.17) is 21.1 Å². The number of aliphatic hydroxyl groups excluding tert-OH is 1. The molecule has 1 saturated heterocycles. The van der Waals surface area contributed by atoms with E-state index in [0.29, 0.717) is 17.1 Å². The average molecular weight is 468 g/mol. The number of benzene rings is 3. The quantitative estimate of drug-likeness (QED) is 0.320. The van der Waals surface area contributed by atoms with Gasteiger partial charge in [0.15, 0.2) is 11.5 Å². The lowest BCUT2D eigenvalue weighted by molar-refractivity contribution is -0.132. The van der Waals surface area contributed by atoms with Crippen LogP contribution in [0.15, 0.2) is 72.3 Å². The van der Waals surface area contributed by atoms with Crippen LogP contribution in [0.5, 0.6) is 11.5 Å². The van der Waals surface area contributed by atoms with Crippen LogP contribution in [0, 0.1) is 5.82 Å². The molecule has 0 radical (unpaired) electrons. The number of nitrogens with zero attached hydrogens (tertiary/aromatic N) is 1. The fraction of sp³-hybridized carbons (Fsp3) is 0.120. The predicted octanol–water partition coefficient (Wildman–Crippen LogP) is 5.12.